The molecule has 1 saturated carbocycles. The van der Waals surface area contributed by atoms with Crippen LogP contribution in [0.25, 0.3) is 11.0 Å². The van der Waals surface area contributed by atoms with Crippen LogP contribution in [0.4, 0.5) is 0 Å². The average molecular weight is 324 g/mol. The second-order valence-corrected chi connectivity index (χ2v) is 6.56. The fourth-order valence-electron chi connectivity index (χ4n) is 3.08. The molecule has 24 heavy (non-hydrogen) atoms. The van der Waals surface area contributed by atoms with Gasteiger partial charge in [0.2, 0.25) is 11.8 Å². The van der Waals surface area contributed by atoms with Crippen LogP contribution in [0, 0.1) is 0 Å². The molecule has 5 rings (SSSR count). The molecule has 1 saturated heterocycles. The second kappa shape index (κ2) is 5.15. The number of benzene rings is 1. The van der Waals surface area contributed by atoms with Crippen LogP contribution in [0.2, 0.25) is 0 Å². The van der Waals surface area contributed by atoms with Crippen LogP contribution >= 0.6 is 0 Å². The quantitative estimate of drug-likeness (QED) is 0.732. The Bertz CT molecular complexity index is 905. The molecular weight excluding hydrogens is 308 g/mol. The van der Waals surface area contributed by atoms with Crippen molar-refractivity contribution in [3.8, 4) is 0 Å². The van der Waals surface area contributed by atoms with E-state index in [0.29, 0.717) is 36.2 Å². The maximum atomic E-state index is 12.4. The van der Waals surface area contributed by atoms with Crippen molar-refractivity contribution in [3.05, 3.63) is 41.7 Å². The number of hydrogen-bond donors (Lipinski definition) is 0. The van der Waals surface area contributed by atoms with Crippen LogP contribution < -0.4 is 0 Å². The standard InChI is InChI=1S/C17H16N4O3/c22-15(7-13-12-3-1-2-4-14(12)23-19-13)21-8-11(9-21)17-18-16(20-24-17)10-5-6-10/h1-4,10-11H,5-9H2. The molecule has 3 aromatic rings. The first kappa shape index (κ1) is 13.7. The van der Waals surface area contributed by atoms with Crippen LogP contribution in [0.15, 0.2) is 33.3 Å². The third-order valence-electron chi connectivity index (χ3n) is 4.75. The predicted octanol–water partition coefficient (Wildman–Crippen LogP) is 2.26. The fraction of sp³-hybridized carbons (Fsp3) is 0.412. The molecule has 1 amide bonds. The number of aromatic nitrogens is 3. The van der Waals surface area contributed by atoms with Gasteiger partial charge in [0.25, 0.3) is 0 Å². The van der Waals surface area contributed by atoms with E-state index in [4.69, 9.17) is 9.05 Å². The molecule has 122 valence electrons. The normalized spacial score (nSPS) is 18.1. The molecule has 0 bridgehead atoms. The maximum Gasteiger partial charge on any atom is 0.233 e. The molecule has 0 radical (unpaired) electrons. The van der Waals surface area contributed by atoms with Crippen molar-refractivity contribution in [2.24, 2.45) is 0 Å². The first-order chi connectivity index (χ1) is 11.8. The van der Waals surface area contributed by atoms with E-state index in [1.54, 1.807) is 4.90 Å². The summed E-state index contributed by atoms with van der Waals surface area (Å²) in [5, 5.41) is 8.95. The Morgan fingerprint density at radius 1 is 1.12 bits per heavy atom. The molecule has 2 aromatic heterocycles. The molecule has 3 heterocycles. The zero-order valence-corrected chi connectivity index (χ0v) is 13.0. The molecule has 0 spiro atoms. The largest absolute Gasteiger partial charge is 0.356 e. The topological polar surface area (TPSA) is 85.3 Å². The SMILES string of the molecule is O=C(Cc1noc2ccccc12)N1CC(c2nc(C3CC3)no2)C1. The third kappa shape index (κ3) is 2.28. The van der Waals surface area contributed by atoms with E-state index in [2.05, 4.69) is 15.3 Å². The zero-order chi connectivity index (χ0) is 16.1. The molecule has 1 aromatic carbocycles. The molecule has 0 unspecified atom stereocenters. The number of amides is 1. The van der Waals surface area contributed by atoms with Gasteiger partial charge in [-0.2, -0.15) is 4.98 Å². The van der Waals surface area contributed by atoms with E-state index in [1.807, 2.05) is 24.3 Å². The van der Waals surface area contributed by atoms with Gasteiger partial charge in [-0.25, -0.2) is 0 Å². The zero-order valence-electron chi connectivity index (χ0n) is 13.0. The smallest absolute Gasteiger partial charge is 0.233 e. The summed E-state index contributed by atoms with van der Waals surface area (Å²) in [7, 11) is 0. The van der Waals surface area contributed by atoms with E-state index in [9.17, 15) is 4.79 Å². The highest BCUT2D eigenvalue weighted by Gasteiger charge is 2.37. The van der Waals surface area contributed by atoms with E-state index in [0.717, 1.165) is 24.1 Å². The van der Waals surface area contributed by atoms with Crippen molar-refractivity contribution in [2.45, 2.75) is 31.1 Å². The van der Waals surface area contributed by atoms with Crippen LogP contribution in [0.1, 0.15) is 42.1 Å². The van der Waals surface area contributed by atoms with Gasteiger partial charge in [0.05, 0.1) is 12.3 Å². The summed E-state index contributed by atoms with van der Waals surface area (Å²) in [5.74, 6) is 2.17. The van der Waals surface area contributed by atoms with E-state index in [1.165, 1.54) is 0 Å². The Morgan fingerprint density at radius 2 is 1.96 bits per heavy atom. The molecule has 0 atom stereocenters. The van der Waals surface area contributed by atoms with Gasteiger partial charge in [-0.1, -0.05) is 22.4 Å². The summed E-state index contributed by atoms with van der Waals surface area (Å²) >= 11 is 0. The Hall–Kier alpha value is -2.70. The molecular formula is C17H16N4O3. The number of fused-ring (bicyclic) bond motifs is 1. The molecule has 1 aliphatic heterocycles. The van der Waals surface area contributed by atoms with Crippen molar-refractivity contribution in [1.29, 1.82) is 0 Å². The Balaban J connectivity index is 1.23. The van der Waals surface area contributed by atoms with Crippen LogP contribution in [0.5, 0.6) is 0 Å². The lowest BCUT2D eigenvalue weighted by atomic mass is 9.99. The lowest BCUT2D eigenvalue weighted by molar-refractivity contribution is -0.135. The van der Waals surface area contributed by atoms with Gasteiger partial charge in [0, 0.05) is 24.4 Å². The Morgan fingerprint density at radius 3 is 2.79 bits per heavy atom. The number of carbonyl (C=O) groups excluding carboxylic acids is 1. The van der Waals surface area contributed by atoms with Gasteiger partial charge in [-0.3, -0.25) is 4.79 Å². The molecule has 0 N–H and O–H groups in total. The Labute approximate surface area is 137 Å². The van der Waals surface area contributed by atoms with Gasteiger partial charge >= 0.3 is 0 Å². The highest BCUT2D eigenvalue weighted by Crippen LogP contribution is 2.39. The van der Waals surface area contributed by atoms with Crippen molar-refractivity contribution >= 4 is 16.9 Å². The van der Waals surface area contributed by atoms with Crippen molar-refractivity contribution in [3.63, 3.8) is 0 Å². The van der Waals surface area contributed by atoms with E-state index in [-0.39, 0.29) is 18.2 Å². The monoisotopic (exact) mass is 324 g/mol. The summed E-state index contributed by atoms with van der Waals surface area (Å²) in [5.41, 5.74) is 1.40. The number of nitrogens with zero attached hydrogens (tertiary/aromatic N) is 4. The molecule has 7 heteroatoms. The second-order valence-electron chi connectivity index (χ2n) is 6.56. The number of carbonyl (C=O) groups is 1. The molecule has 2 fully saturated rings. The summed E-state index contributed by atoms with van der Waals surface area (Å²) in [6, 6.07) is 7.58. The predicted molar refractivity (Wildman–Crippen MR) is 83.3 cm³/mol. The average Bonchev–Trinajstić information content (AvgIpc) is 3.16. The highest BCUT2D eigenvalue weighted by molar-refractivity contribution is 5.86. The van der Waals surface area contributed by atoms with Crippen molar-refractivity contribution < 1.29 is 13.8 Å². The highest BCUT2D eigenvalue weighted by atomic mass is 16.5. The summed E-state index contributed by atoms with van der Waals surface area (Å²) in [4.78, 5) is 18.7. The van der Waals surface area contributed by atoms with E-state index < -0.39 is 0 Å². The number of para-hydroxylation sites is 1. The molecule has 1 aliphatic carbocycles. The van der Waals surface area contributed by atoms with Crippen LogP contribution in [-0.4, -0.2) is 39.2 Å². The fourth-order valence-corrected chi connectivity index (χ4v) is 3.08. The summed E-state index contributed by atoms with van der Waals surface area (Å²) in [6.07, 6.45) is 2.56. The molecule has 7 nitrogen and oxygen atoms in total. The van der Waals surface area contributed by atoms with Gasteiger partial charge in [-0.15, -0.1) is 0 Å². The van der Waals surface area contributed by atoms with Crippen LogP contribution in [0.3, 0.4) is 0 Å². The van der Waals surface area contributed by atoms with Crippen molar-refractivity contribution in [1.82, 2.24) is 20.2 Å². The lowest BCUT2D eigenvalue weighted by Crippen LogP contribution is -2.49. The minimum Gasteiger partial charge on any atom is -0.356 e. The molecule has 2 aliphatic rings. The number of likely N-dealkylation sites (tertiary alicyclic amines) is 1. The van der Waals surface area contributed by atoms with Gasteiger partial charge in [0.1, 0.15) is 5.69 Å². The first-order valence-electron chi connectivity index (χ1n) is 8.22. The van der Waals surface area contributed by atoms with Crippen LogP contribution in [-0.2, 0) is 11.2 Å². The first-order valence-corrected chi connectivity index (χ1v) is 8.22. The summed E-state index contributed by atoms with van der Waals surface area (Å²) < 4.78 is 10.6. The minimum atomic E-state index is 0.0484. The van der Waals surface area contributed by atoms with Gasteiger partial charge in [0.15, 0.2) is 11.4 Å². The van der Waals surface area contributed by atoms with Crippen molar-refractivity contribution in [2.75, 3.05) is 13.1 Å². The number of hydrogen-bond acceptors (Lipinski definition) is 6. The van der Waals surface area contributed by atoms with E-state index >= 15 is 0 Å². The Kier molecular flexibility index (Phi) is 2.95. The maximum absolute atomic E-state index is 12.4. The lowest BCUT2D eigenvalue weighted by Gasteiger charge is -2.37. The summed E-state index contributed by atoms with van der Waals surface area (Å²) in [6.45, 7) is 1.25. The third-order valence-corrected chi connectivity index (χ3v) is 4.75. The van der Waals surface area contributed by atoms with Gasteiger partial charge in [-0.05, 0) is 25.0 Å². The minimum absolute atomic E-state index is 0.0484. The van der Waals surface area contributed by atoms with Gasteiger partial charge < -0.3 is 13.9 Å². The number of rotatable bonds is 4.